The minimum atomic E-state index is -0.500. The highest BCUT2D eigenvalue weighted by Crippen LogP contribution is 2.22. The summed E-state index contributed by atoms with van der Waals surface area (Å²) in [6, 6.07) is 1.28. The van der Waals surface area contributed by atoms with E-state index < -0.39 is 4.92 Å². The maximum atomic E-state index is 11.5. The molecule has 1 amide bonds. The molecule has 0 aromatic carbocycles. The van der Waals surface area contributed by atoms with E-state index in [1.54, 1.807) is 0 Å². The zero-order valence-corrected chi connectivity index (χ0v) is 9.67. The molecule has 7 heteroatoms. The third-order valence-corrected chi connectivity index (χ3v) is 2.75. The molecular formula is C9H13N3O3S. The van der Waals surface area contributed by atoms with E-state index in [4.69, 9.17) is 0 Å². The van der Waals surface area contributed by atoms with Crippen molar-refractivity contribution in [3.05, 3.63) is 27.1 Å². The van der Waals surface area contributed by atoms with Gasteiger partial charge >= 0.3 is 5.00 Å². The minimum Gasteiger partial charge on any atom is -0.351 e. The van der Waals surface area contributed by atoms with Crippen LogP contribution in [-0.4, -0.2) is 30.5 Å². The lowest BCUT2D eigenvalue weighted by atomic mass is 10.3. The molecule has 88 valence electrons. The predicted molar refractivity (Wildman–Crippen MR) is 61.9 cm³/mol. The topological polar surface area (TPSA) is 84.3 Å². The van der Waals surface area contributed by atoms with Gasteiger partial charge in [-0.3, -0.25) is 14.9 Å². The number of nitro groups is 1. The molecule has 16 heavy (non-hydrogen) atoms. The zero-order chi connectivity index (χ0) is 12.0. The monoisotopic (exact) mass is 243 g/mol. The standard InChI is InChI=1S/C9H13N3O3S/c1-2-10-3-4-11-9(13)7-5-8(12(14)15)16-6-7/h5-6,10H,2-4H2,1H3,(H,11,13). The minimum absolute atomic E-state index is 0.0168. The number of carbonyl (C=O) groups excluding carboxylic acids is 1. The van der Waals surface area contributed by atoms with Crippen LogP contribution in [0, 0.1) is 10.1 Å². The molecule has 0 radical (unpaired) electrons. The molecule has 1 rings (SSSR count). The first kappa shape index (κ1) is 12.6. The molecule has 2 N–H and O–H groups in total. The largest absolute Gasteiger partial charge is 0.351 e. The Morgan fingerprint density at radius 3 is 2.88 bits per heavy atom. The van der Waals surface area contributed by atoms with Crippen LogP contribution in [0.2, 0.25) is 0 Å². The molecule has 0 aliphatic heterocycles. The number of amides is 1. The Morgan fingerprint density at radius 1 is 1.56 bits per heavy atom. The van der Waals surface area contributed by atoms with E-state index in [1.807, 2.05) is 6.92 Å². The summed E-state index contributed by atoms with van der Waals surface area (Å²) in [5, 5.41) is 17.6. The summed E-state index contributed by atoms with van der Waals surface area (Å²) in [5.41, 5.74) is 0.341. The van der Waals surface area contributed by atoms with Crippen LogP contribution in [0.3, 0.4) is 0 Å². The van der Waals surface area contributed by atoms with E-state index in [0.717, 1.165) is 17.9 Å². The van der Waals surface area contributed by atoms with E-state index in [9.17, 15) is 14.9 Å². The summed E-state index contributed by atoms with van der Waals surface area (Å²) in [5.74, 6) is -0.276. The van der Waals surface area contributed by atoms with E-state index in [2.05, 4.69) is 10.6 Å². The molecule has 6 nitrogen and oxygen atoms in total. The van der Waals surface area contributed by atoms with E-state index in [1.165, 1.54) is 11.4 Å². The number of carbonyl (C=O) groups is 1. The second kappa shape index (κ2) is 6.19. The highest BCUT2D eigenvalue weighted by atomic mass is 32.1. The van der Waals surface area contributed by atoms with Crippen LogP contribution in [-0.2, 0) is 0 Å². The average Bonchev–Trinajstić information content (AvgIpc) is 2.73. The van der Waals surface area contributed by atoms with Gasteiger partial charge in [-0.25, -0.2) is 0 Å². The van der Waals surface area contributed by atoms with Crippen LogP contribution >= 0.6 is 11.3 Å². The molecule has 0 aliphatic carbocycles. The fourth-order valence-electron chi connectivity index (χ4n) is 1.08. The molecule has 0 fully saturated rings. The summed E-state index contributed by atoms with van der Waals surface area (Å²) >= 11 is 0.954. The highest BCUT2D eigenvalue weighted by molar-refractivity contribution is 7.13. The molecule has 0 saturated carbocycles. The van der Waals surface area contributed by atoms with Crippen molar-refractivity contribution in [2.45, 2.75) is 6.92 Å². The molecular weight excluding hydrogens is 230 g/mol. The summed E-state index contributed by atoms with van der Waals surface area (Å²) in [6.07, 6.45) is 0. The van der Waals surface area contributed by atoms with Crippen molar-refractivity contribution >= 4 is 22.2 Å². The number of nitrogens with zero attached hydrogens (tertiary/aromatic N) is 1. The summed E-state index contributed by atoms with van der Waals surface area (Å²) in [4.78, 5) is 21.4. The SMILES string of the molecule is CCNCCNC(=O)c1csc([N+](=O)[O-])c1. The Bertz CT molecular complexity index is 378. The maximum absolute atomic E-state index is 11.5. The number of nitrogens with one attached hydrogen (secondary N) is 2. The molecule has 0 saturated heterocycles. The van der Waals surface area contributed by atoms with Crippen molar-refractivity contribution in [1.29, 1.82) is 0 Å². The number of likely N-dealkylation sites (N-methyl/N-ethyl adjacent to an activating group) is 1. The lowest BCUT2D eigenvalue weighted by Crippen LogP contribution is -2.31. The third kappa shape index (κ3) is 3.59. The van der Waals surface area contributed by atoms with Gasteiger partial charge in [0.2, 0.25) is 0 Å². The van der Waals surface area contributed by atoms with Gasteiger partial charge in [0.25, 0.3) is 5.91 Å². The Hall–Kier alpha value is -1.47. The molecule has 1 heterocycles. The average molecular weight is 243 g/mol. The molecule has 0 bridgehead atoms. The molecule has 0 unspecified atom stereocenters. The summed E-state index contributed by atoms with van der Waals surface area (Å²) in [6.45, 7) is 4.02. The van der Waals surface area contributed by atoms with Crippen molar-refractivity contribution in [3.8, 4) is 0 Å². The first-order chi connectivity index (χ1) is 7.65. The fraction of sp³-hybridized carbons (Fsp3) is 0.444. The van der Waals surface area contributed by atoms with Gasteiger partial charge in [-0.2, -0.15) is 0 Å². The Kier molecular flexibility index (Phi) is 4.87. The normalized spacial score (nSPS) is 10.1. The Labute approximate surface area is 96.8 Å². The van der Waals surface area contributed by atoms with Gasteiger partial charge in [-0.05, 0) is 6.54 Å². The summed E-state index contributed by atoms with van der Waals surface area (Å²) in [7, 11) is 0. The molecule has 1 aromatic heterocycles. The number of thiophene rings is 1. The van der Waals surface area contributed by atoms with Crippen LogP contribution in [0.4, 0.5) is 5.00 Å². The van der Waals surface area contributed by atoms with Gasteiger partial charge in [0.15, 0.2) is 0 Å². The maximum Gasteiger partial charge on any atom is 0.324 e. The number of hydrogen-bond donors (Lipinski definition) is 2. The van der Waals surface area contributed by atoms with E-state index in [0.29, 0.717) is 18.7 Å². The van der Waals surface area contributed by atoms with Crippen molar-refractivity contribution in [1.82, 2.24) is 10.6 Å². The molecule has 0 aliphatic rings. The van der Waals surface area contributed by atoms with Gasteiger partial charge in [-0.15, -0.1) is 0 Å². The van der Waals surface area contributed by atoms with Crippen molar-refractivity contribution in [3.63, 3.8) is 0 Å². The molecule has 1 aromatic rings. The fourth-order valence-corrected chi connectivity index (χ4v) is 1.79. The first-order valence-corrected chi connectivity index (χ1v) is 5.75. The predicted octanol–water partition coefficient (Wildman–Crippen LogP) is 0.996. The van der Waals surface area contributed by atoms with Crippen molar-refractivity contribution in [2.75, 3.05) is 19.6 Å². The summed E-state index contributed by atoms with van der Waals surface area (Å²) < 4.78 is 0. The zero-order valence-electron chi connectivity index (χ0n) is 8.86. The smallest absolute Gasteiger partial charge is 0.324 e. The number of hydrogen-bond acceptors (Lipinski definition) is 5. The van der Waals surface area contributed by atoms with Crippen LogP contribution in [0.15, 0.2) is 11.4 Å². The van der Waals surface area contributed by atoms with E-state index >= 15 is 0 Å². The highest BCUT2D eigenvalue weighted by Gasteiger charge is 2.14. The Balaban J connectivity index is 2.43. The van der Waals surface area contributed by atoms with Crippen LogP contribution in [0.1, 0.15) is 17.3 Å². The number of rotatable bonds is 6. The van der Waals surface area contributed by atoms with Crippen molar-refractivity contribution in [2.24, 2.45) is 0 Å². The lowest BCUT2D eigenvalue weighted by Gasteiger charge is -2.03. The molecule has 0 spiro atoms. The quantitative estimate of drug-likeness (QED) is 0.443. The van der Waals surface area contributed by atoms with Gasteiger partial charge in [0, 0.05) is 24.5 Å². The van der Waals surface area contributed by atoms with E-state index in [-0.39, 0.29) is 10.9 Å². The molecule has 0 atom stereocenters. The third-order valence-electron chi connectivity index (χ3n) is 1.87. The van der Waals surface area contributed by atoms with Crippen molar-refractivity contribution < 1.29 is 9.72 Å². The van der Waals surface area contributed by atoms with Crippen LogP contribution in [0.5, 0.6) is 0 Å². The first-order valence-electron chi connectivity index (χ1n) is 4.87. The van der Waals surface area contributed by atoms with Gasteiger partial charge in [-0.1, -0.05) is 18.3 Å². The van der Waals surface area contributed by atoms with Crippen LogP contribution in [0.25, 0.3) is 0 Å². The Morgan fingerprint density at radius 2 is 2.31 bits per heavy atom. The van der Waals surface area contributed by atoms with Crippen LogP contribution < -0.4 is 10.6 Å². The van der Waals surface area contributed by atoms with Gasteiger partial charge in [0.1, 0.15) is 0 Å². The second-order valence-electron chi connectivity index (χ2n) is 3.04. The van der Waals surface area contributed by atoms with Gasteiger partial charge < -0.3 is 10.6 Å². The lowest BCUT2D eigenvalue weighted by molar-refractivity contribution is -0.380. The van der Waals surface area contributed by atoms with Gasteiger partial charge in [0.05, 0.1) is 10.5 Å². The second-order valence-corrected chi connectivity index (χ2v) is 3.93.